The average molecular weight is 493 g/mol. The summed E-state index contributed by atoms with van der Waals surface area (Å²) >= 11 is 0. The lowest BCUT2D eigenvalue weighted by Gasteiger charge is -2.33. The van der Waals surface area contributed by atoms with Gasteiger partial charge in [0, 0.05) is 25.3 Å². The Labute approximate surface area is 215 Å². The first-order valence-corrected chi connectivity index (χ1v) is 12.9. The number of aromatic nitrogens is 1. The van der Waals surface area contributed by atoms with Crippen molar-refractivity contribution in [3.05, 3.63) is 42.1 Å². The molecule has 1 aromatic carbocycles. The van der Waals surface area contributed by atoms with Crippen molar-refractivity contribution in [2.45, 2.75) is 72.4 Å². The number of nitrogens with one attached hydrogen (secondary N) is 1. The SMILES string of the molecule is CC(C)C[C@@H](C)COc1ccc(-c2ccnc(NC3CCN(C(=O)OC(C)(C)C)CC3)c2)cc1C#N. The van der Waals surface area contributed by atoms with Crippen molar-refractivity contribution >= 4 is 11.9 Å². The van der Waals surface area contributed by atoms with Gasteiger partial charge in [-0.15, -0.1) is 0 Å². The van der Waals surface area contributed by atoms with Gasteiger partial charge in [-0.25, -0.2) is 9.78 Å². The molecule has 2 aromatic rings. The number of rotatable bonds is 8. The van der Waals surface area contributed by atoms with E-state index in [1.807, 2.05) is 51.1 Å². The van der Waals surface area contributed by atoms with Gasteiger partial charge >= 0.3 is 6.09 Å². The molecule has 3 rings (SSSR count). The molecule has 0 spiro atoms. The van der Waals surface area contributed by atoms with Crippen molar-refractivity contribution in [2.75, 3.05) is 25.0 Å². The summed E-state index contributed by atoms with van der Waals surface area (Å²) in [6, 6.07) is 12.2. The molecule has 36 heavy (non-hydrogen) atoms. The van der Waals surface area contributed by atoms with E-state index in [1.165, 1.54) is 0 Å². The molecule has 0 saturated carbocycles. The molecule has 1 atom stereocenters. The molecular weight excluding hydrogens is 452 g/mol. The van der Waals surface area contributed by atoms with Crippen LogP contribution in [-0.4, -0.2) is 47.3 Å². The molecule has 7 heteroatoms. The number of hydrogen-bond acceptors (Lipinski definition) is 6. The summed E-state index contributed by atoms with van der Waals surface area (Å²) in [5.41, 5.74) is 1.97. The second-order valence-corrected chi connectivity index (χ2v) is 11.2. The van der Waals surface area contributed by atoms with E-state index in [-0.39, 0.29) is 12.1 Å². The van der Waals surface area contributed by atoms with Crippen LogP contribution in [0.3, 0.4) is 0 Å². The number of ether oxygens (including phenoxy) is 2. The minimum absolute atomic E-state index is 0.227. The largest absolute Gasteiger partial charge is 0.492 e. The number of likely N-dealkylation sites (tertiary alicyclic amines) is 1. The molecule has 2 heterocycles. The number of piperidine rings is 1. The molecule has 1 amide bonds. The Bertz CT molecular complexity index is 1060. The van der Waals surface area contributed by atoms with Gasteiger partial charge in [0.25, 0.3) is 0 Å². The number of anilines is 1. The van der Waals surface area contributed by atoms with Crippen LogP contribution in [0, 0.1) is 23.2 Å². The van der Waals surface area contributed by atoms with E-state index in [9.17, 15) is 10.1 Å². The lowest BCUT2D eigenvalue weighted by Crippen LogP contribution is -2.44. The smallest absolute Gasteiger partial charge is 0.410 e. The molecule has 0 radical (unpaired) electrons. The van der Waals surface area contributed by atoms with E-state index in [0.29, 0.717) is 42.8 Å². The van der Waals surface area contributed by atoms with E-state index in [0.717, 1.165) is 36.2 Å². The van der Waals surface area contributed by atoms with E-state index < -0.39 is 5.60 Å². The van der Waals surface area contributed by atoms with Gasteiger partial charge in [0.05, 0.1) is 12.2 Å². The molecule has 1 aromatic heterocycles. The Morgan fingerprint density at radius 1 is 1.17 bits per heavy atom. The third kappa shape index (κ3) is 8.15. The lowest BCUT2D eigenvalue weighted by molar-refractivity contribution is 0.0210. The fourth-order valence-corrected chi connectivity index (χ4v) is 4.46. The predicted octanol–water partition coefficient (Wildman–Crippen LogP) is 6.49. The minimum Gasteiger partial charge on any atom is -0.492 e. The molecule has 194 valence electrons. The van der Waals surface area contributed by atoms with Crippen molar-refractivity contribution < 1.29 is 14.3 Å². The second-order valence-electron chi connectivity index (χ2n) is 11.2. The minimum atomic E-state index is -0.488. The maximum atomic E-state index is 12.3. The standard InChI is InChI=1S/C29H40N4O3/c1-20(2)15-21(3)19-35-26-8-7-22(16-24(26)18-30)23-9-12-31-27(17-23)32-25-10-13-33(14-11-25)28(34)36-29(4,5)6/h7-9,12,16-17,20-21,25H,10-11,13-15,19H2,1-6H3,(H,31,32)/t21-/m1/s1. The van der Waals surface area contributed by atoms with Crippen LogP contribution in [0.2, 0.25) is 0 Å². The molecule has 0 aliphatic carbocycles. The Kier molecular flexibility index (Phi) is 9.19. The summed E-state index contributed by atoms with van der Waals surface area (Å²) in [5, 5.41) is 13.2. The molecule has 1 aliphatic heterocycles. The molecular formula is C29H40N4O3. The number of hydrogen-bond donors (Lipinski definition) is 1. The molecule has 1 N–H and O–H groups in total. The fourth-order valence-electron chi connectivity index (χ4n) is 4.46. The molecule has 0 bridgehead atoms. The number of nitriles is 1. The third-order valence-corrected chi connectivity index (χ3v) is 6.09. The summed E-state index contributed by atoms with van der Waals surface area (Å²) in [7, 11) is 0. The summed E-state index contributed by atoms with van der Waals surface area (Å²) < 4.78 is 11.5. The van der Waals surface area contributed by atoms with Crippen LogP contribution in [0.25, 0.3) is 11.1 Å². The van der Waals surface area contributed by atoms with Crippen molar-refractivity contribution in [3.63, 3.8) is 0 Å². The van der Waals surface area contributed by atoms with Crippen LogP contribution in [0.1, 0.15) is 66.4 Å². The second kappa shape index (κ2) is 12.1. The fraction of sp³-hybridized carbons (Fsp3) is 0.552. The van der Waals surface area contributed by atoms with Crippen LogP contribution < -0.4 is 10.1 Å². The van der Waals surface area contributed by atoms with Crippen molar-refractivity contribution in [1.82, 2.24) is 9.88 Å². The van der Waals surface area contributed by atoms with Gasteiger partial charge in [0.15, 0.2) is 0 Å². The van der Waals surface area contributed by atoms with Crippen molar-refractivity contribution in [2.24, 2.45) is 11.8 Å². The summed E-state index contributed by atoms with van der Waals surface area (Å²) in [6.45, 7) is 14.1. The van der Waals surface area contributed by atoms with Gasteiger partial charge in [-0.1, -0.05) is 26.8 Å². The summed E-state index contributed by atoms with van der Waals surface area (Å²) in [5.74, 6) is 2.46. The van der Waals surface area contributed by atoms with Crippen molar-refractivity contribution in [3.8, 4) is 22.9 Å². The maximum absolute atomic E-state index is 12.3. The molecule has 1 saturated heterocycles. The number of pyridine rings is 1. The topological polar surface area (TPSA) is 87.5 Å². The highest BCUT2D eigenvalue weighted by molar-refractivity contribution is 5.70. The predicted molar refractivity (Wildman–Crippen MR) is 143 cm³/mol. The summed E-state index contributed by atoms with van der Waals surface area (Å²) in [4.78, 5) is 18.6. The highest BCUT2D eigenvalue weighted by atomic mass is 16.6. The number of carbonyl (C=O) groups is 1. The number of amides is 1. The highest BCUT2D eigenvalue weighted by Gasteiger charge is 2.27. The van der Waals surface area contributed by atoms with E-state index in [2.05, 4.69) is 37.1 Å². The van der Waals surface area contributed by atoms with Crippen molar-refractivity contribution in [1.29, 1.82) is 5.26 Å². The van der Waals surface area contributed by atoms with Crippen LogP contribution in [0.5, 0.6) is 5.75 Å². The van der Waals surface area contributed by atoms with Crippen LogP contribution in [0.4, 0.5) is 10.6 Å². The van der Waals surface area contributed by atoms with Crippen LogP contribution in [-0.2, 0) is 4.74 Å². The van der Waals surface area contributed by atoms with Gasteiger partial charge in [0.2, 0.25) is 0 Å². The molecule has 1 aliphatic rings. The summed E-state index contributed by atoms with van der Waals surface area (Å²) in [6.07, 6.45) is 4.26. The van der Waals surface area contributed by atoms with Gasteiger partial charge in [-0.2, -0.15) is 5.26 Å². The molecule has 7 nitrogen and oxygen atoms in total. The Balaban J connectivity index is 1.61. The Hall–Kier alpha value is -3.27. The zero-order valence-electron chi connectivity index (χ0n) is 22.5. The first-order valence-electron chi connectivity index (χ1n) is 12.9. The number of carbonyl (C=O) groups excluding carboxylic acids is 1. The zero-order chi connectivity index (χ0) is 26.3. The van der Waals surface area contributed by atoms with E-state index >= 15 is 0 Å². The third-order valence-electron chi connectivity index (χ3n) is 6.09. The maximum Gasteiger partial charge on any atom is 0.410 e. The van der Waals surface area contributed by atoms with Gasteiger partial charge in [0.1, 0.15) is 23.2 Å². The first-order chi connectivity index (χ1) is 17.0. The first kappa shape index (κ1) is 27.3. The monoisotopic (exact) mass is 492 g/mol. The van der Waals surface area contributed by atoms with Crippen LogP contribution >= 0.6 is 0 Å². The molecule has 0 unspecified atom stereocenters. The highest BCUT2D eigenvalue weighted by Crippen LogP contribution is 2.29. The normalized spacial score (nSPS) is 15.3. The van der Waals surface area contributed by atoms with E-state index in [4.69, 9.17) is 9.47 Å². The lowest BCUT2D eigenvalue weighted by atomic mass is 10.00. The quantitative estimate of drug-likeness (QED) is 0.453. The van der Waals surface area contributed by atoms with Gasteiger partial charge in [-0.3, -0.25) is 0 Å². The average Bonchev–Trinajstić information content (AvgIpc) is 2.81. The Morgan fingerprint density at radius 3 is 2.50 bits per heavy atom. The Morgan fingerprint density at radius 2 is 1.86 bits per heavy atom. The molecule has 1 fully saturated rings. The van der Waals surface area contributed by atoms with Crippen LogP contribution in [0.15, 0.2) is 36.5 Å². The van der Waals surface area contributed by atoms with Gasteiger partial charge < -0.3 is 19.7 Å². The number of nitrogens with zero attached hydrogens (tertiary/aromatic N) is 3. The number of benzene rings is 1. The van der Waals surface area contributed by atoms with Gasteiger partial charge in [-0.05, 0) is 87.3 Å². The van der Waals surface area contributed by atoms with E-state index in [1.54, 1.807) is 11.1 Å². The zero-order valence-corrected chi connectivity index (χ0v) is 22.5.